The quantitative estimate of drug-likeness (QED) is 0.251. The summed E-state index contributed by atoms with van der Waals surface area (Å²) in [6.07, 6.45) is 0.260. The second kappa shape index (κ2) is 12.8. The van der Waals surface area contributed by atoms with Gasteiger partial charge >= 0.3 is 5.97 Å². The average Bonchev–Trinajstić information content (AvgIpc) is 3.44. The maximum absolute atomic E-state index is 15.6. The third-order valence-corrected chi connectivity index (χ3v) is 7.64. The van der Waals surface area contributed by atoms with E-state index >= 15 is 4.39 Å². The second-order valence-electron chi connectivity index (χ2n) is 11.9. The van der Waals surface area contributed by atoms with Crippen molar-refractivity contribution in [2.75, 3.05) is 20.3 Å². The van der Waals surface area contributed by atoms with E-state index in [1.165, 1.54) is 16.6 Å². The Labute approximate surface area is 259 Å². The Hall–Kier alpha value is -4.58. The fourth-order valence-electron chi connectivity index (χ4n) is 5.54. The van der Waals surface area contributed by atoms with E-state index in [4.69, 9.17) is 14.2 Å². The van der Waals surface area contributed by atoms with E-state index in [1.54, 1.807) is 34.8 Å². The van der Waals surface area contributed by atoms with Crippen LogP contribution in [0.15, 0.2) is 36.4 Å². The molecule has 0 saturated carbocycles. The van der Waals surface area contributed by atoms with E-state index in [1.807, 2.05) is 31.2 Å². The summed E-state index contributed by atoms with van der Waals surface area (Å²) in [6.45, 7) is 9.28. The number of benzene rings is 2. The minimum atomic E-state index is -1.58. The highest BCUT2D eigenvalue weighted by molar-refractivity contribution is 5.93. The van der Waals surface area contributed by atoms with Crippen LogP contribution in [0.5, 0.6) is 11.5 Å². The van der Waals surface area contributed by atoms with Gasteiger partial charge in [-0.15, -0.1) is 0 Å². The molecule has 0 spiro atoms. The van der Waals surface area contributed by atoms with Crippen molar-refractivity contribution in [3.05, 3.63) is 75.9 Å². The number of fused-ring (bicyclic) bond motifs is 2. The standard InChI is InChI=1S/C33H36F2N4O6/c1-18-22-8-7-15-43-29(22)24(34)16-23(18)28-27(30(32(41)45-35)44-33(3,4)5)19(2)37-26-17-25(38-39(26)28)31(40)36-14-13-20-9-11-21(42-6)12-10-20/h9-12,16-17,30H,7-8,13-15H2,1-6H3,(H,36,40)/t30-/m0/s1. The van der Waals surface area contributed by atoms with Gasteiger partial charge in [-0.1, -0.05) is 12.1 Å². The van der Waals surface area contributed by atoms with Crippen molar-refractivity contribution >= 4 is 17.5 Å². The molecule has 10 nitrogen and oxygen atoms in total. The van der Waals surface area contributed by atoms with Gasteiger partial charge in [0.1, 0.15) is 5.75 Å². The molecule has 4 aromatic rings. The van der Waals surface area contributed by atoms with Crippen molar-refractivity contribution in [1.82, 2.24) is 19.9 Å². The molecule has 12 heteroatoms. The highest BCUT2D eigenvalue weighted by Gasteiger charge is 2.36. The summed E-state index contributed by atoms with van der Waals surface area (Å²) >= 11 is 0. The van der Waals surface area contributed by atoms with Crippen molar-refractivity contribution in [3.8, 4) is 22.8 Å². The van der Waals surface area contributed by atoms with E-state index in [0.29, 0.717) is 49.1 Å². The molecule has 0 radical (unpaired) electrons. The van der Waals surface area contributed by atoms with E-state index in [2.05, 4.69) is 20.3 Å². The molecule has 3 heterocycles. The zero-order valence-electron chi connectivity index (χ0n) is 26.1. The minimum Gasteiger partial charge on any atom is -0.497 e. The molecule has 0 fully saturated rings. The van der Waals surface area contributed by atoms with Crippen LogP contribution in [0, 0.1) is 19.7 Å². The Balaban J connectivity index is 1.62. The third-order valence-electron chi connectivity index (χ3n) is 7.64. The van der Waals surface area contributed by atoms with Gasteiger partial charge in [0.2, 0.25) is 0 Å². The molecule has 0 unspecified atom stereocenters. The van der Waals surface area contributed by atoms with Gasteiger partial charge < -0.3 is 19.5 Å². The van der Waals surface area contributed by atoms with Crippen LogP contribution in [0.1, 0.15) is 71.7 Å². The van der Waals surface area contributed by atoms with Crippen molar-refractivity contribution in [1.29, 1.82) is 0 Å². The maximum Gasteiger partial charge on any atom is 0.381 e. The van der Waals surface area contributed by atoms with Crippen LogP contribution in [0.25, 0.3) is 16.9 Å². The Kier molecular flexibility index (Phi) is 9.06. The number of nitrogens with zero attached hydrogens (tertiary/aromatic N) is 3. The van der Waals surface area contributed by atoms with Gasteiger partial charge in [0.05, 0.1) is 25.0 Å². The summed E-state index contributed by atoms with van der Waals surface area (Å²) in [6, 6.07) is 10.3. The molecule has 45 heavy (non-hydrogen) atoms. The molecular formula is C33H36F2N4O6. The van der Waals surface area contributed by atoms with Gasteiger partial charge in [-0.2, -0.15) is 5.10 Å². The van der Waals surface area contributed by atoms with Gasteiger partial charge in [0.15, 0.2) is 29.0 Å². The number of ether oxygens (including phenoxy) is 3. The number of rotatable bonds is 9. The number of hydrogen-bond donors (Lipinski definition) is 1. The first kappa shape index (κ1) is 31.8. The summed E-state index contributed by atoms with van der Waals surface area (Å²) in [5, 5.41) is 7.43. The normalized spacial score (nSPS) is 13.6. The fourth-order valence-corrected chi connectivity index (χ4v) is 5.54. The highest BCUT2D eigenvalue weighted by atomic mass is 19.3. The SMILES string of the molecule is COc1ccc(CCNC(=O)c2cc3nc(C)c([C@H](OC(C)(C)C)C(=O)OF)c(-c4cc(F)c5c(c4C)CCCO5)n3n2)cc1. The molecule has 2 aromatic heterocycles. The Morgan fingerprint density at radius 1 is 1.16 bits per heavy atom. The number of carbonyl (C=O) groups excluding carboxylic acids is 2. The van der Waals surface area contributed by atoms with Crippen LogP contribution in [0.2, 0.25) is 0 Å². The van der Waals surface area contributed by atoms with Gasteiger partial charge in [-0.25, -0.2) is 18.7 Å². The van der Waals surface area contributed by atoms with E-state index in [-0.39, 0.29) is 34.0 Å². The van der Waals surface area contributed by atoms with Gasteiger partial charge in [-0.05, 0) is 83.2 Å². The number of aromatic nitrogens is 3. The lowest BCUT2D eigenvalue weighted by molar-refractivity contribution is -0.205. The lowest BCUT2D eigenvalue weighted by Crippen LogP contribution is -2.29. The molecule has 1 amide bonds. The topological polar surface area (TPSA) is 113 Å². The third kappa shape index (κ3) is 6.60. The highest BCUT2D eigenvalue weighted by Crippen LogP contribution is 2.42. The predicted molar refractivity (Wildman–Crippen MR) is 161 cm³/mol. The molecule has 0 bridgehead atoms. The summed E-state index contributed by atoms with van der Waals surface area (Å²) in [5.41, 5.74) is 2.78. The van der Waals surface area contributed by atoms with Gasteiger partial charge in [0, 0.05) is 39.5 Å². The van der Waals surface area contributed by atoms with Crippen LogP contribution in [0.4, 0.5) is 8.92 Å². The molecule has 0 saturated heterocycles. The minimum absolute atomic E-state index is 0.0517. The molecular weight excluding hydrogens is 586 g/mol. The molecule has 1 aliphatic rings. The van der Waals surface area contributed by atoms with Gasteiger partial charge in [-0.3, -0.25) is 9.74 Å². The van der Waals surface area contributed by atoms with Crippen molar-refractivity contribution in [3.63, 3.8) is 0 Å². The lowest BCUT2D eigenvalue weighted by Gasteiger charge is -2.28. The second-order valence-corrected chi connectivity index (χ2v) is 11.9. The Bertz CT molecular complexity index is 1750. The Morgan fingerprint density at radius 3 is 2.56 bits per heavy atom. The summed E-state index contributed by atoms with van der Waals surface area (Å²) < 4.78 is 47.3. The number of carbonyl (C=O) groups is 2. The number of aryl methyl sites for hydroxylation is 1. The maximum atomic E-state index is 15.6. The van der Waals surface area contributed by atoms with Crippen LogP contribution in [-0.2, 0) is 27.3 Å². The molecule has 5 rings (SSSR count). The van der Waals surface area contributed by atoms with Crippen LogP contribution < -0.4 is 14.8 Å². The van der Waals surface area contributed by atoms with E-state index in [9.17, 15) is 14.1 Å². The lowest BCUT2D eigenvalue weighted by atomic mass is 9.91. The zero-order chi connectivity index (χ0) is 32.5. The summed E-state index contributed by atoms with van der Waals surface area (Å²) in [7, 11) is 1.59. The van der Waals surface area contributed by atoms with E-state index in [0.717, 1.165) is 11.3 Å². The van der Waals surface area contributed by atoms with Crippen LogP contribution >= 0.6 is 0 Å². The van der Waals surface area contributed by atoms with Crippen molar-refractivity contribution in [2.45, 2.75) is 65.6 Å². The monoisotopic (exact) mass is 622 g/mol. The zero-order valence-corrected chi connectivity index (χ0v) is 26.1. The number of nitrogens with one attached hydrogen (secondary N) is 1. The first-order valence-corrected chi connectivity index (χ1v) is 14.7. The molecule has 238 valence electrons. The molecule has 0 aliphatic carbocycles. The predicted octanol–water partition coefficient (Wildman–Crippen LogP) is 5.74. The number of halogens is 2. The number of methoxy groups -OCH3 is 1. The van der Waals surface area contributed by atoms with E-state index < -0.39 is 29.4 Å². The van der Waals surface area contributed by atoms with Gasteiger partial charge in [0.25, 0.3) is 5.91 Å². The van der Waals surface area contributed by atoms with Crippen molar-refractivity contribution < 1.29 is 37.7 Å². The summed E-state index contributed by atoms with van der Waals surface area (Å²) in [5.74, 6) is -1.44. The molecule has 2 aromatic carbocycles. The Morgan fingerprint density at radius 2 is 1.89 bits per heavy atom. The molecule has 1 N–H and O–H groups in total. The smallest absolute Gasteiger partial charge is 0.381 e. The largest absolute Gasteiger partial charge is 0.497 e. The molecule has 1 atom stereocenters. The first-order valence-electron chi connectivity index (χ1n) is 14.7. The number of hydrogen-bond acceptors (Lipinski definition) is 8. The average molecular weight is 623 g/mol. The van der Waals surface area contributed by atoms with Crippen LogP contribution in [0.3, 0.4) is 0 Å². The van der Waals surface area contributed by atoms with Crippen molar-refractivity contribution in [2.24, 2.45) is 0 Å². The summed E-state index contributed by atoms with van der Waals surface area (Å²) in [4.78, 5) is 34.4. The fraction of sp³-hybridized carbons (Fsp3) is 0.394. The first-order chi connectivity index (χ1) is 21.4. The van der Waals surface area contributed by atoms with Crippen LogP contribution in [-0.4, -0.2) is 52.3 Å². The number of amides is 1. The molecule has 1 aliphatic heterocycles.